The van der Waals surface area contributed by atoms with E-state index in [2.05, 4.69) is 10.8 Å². The van der Waals surface area contributed by atoms with Crippen molar-refractivity contribution in [2.45, 2.75) is 6.42 Å². The van der Waals surface area contributed by atoms with Crippen molar-refractivity contribution < 1.29 is 14.6 Å². The first-order valence-corrected chi connectivity index (χ1v) is 5.90. The minimum atomic E-state index is 0.116. The summed E-state index contributed by atoms with van der Waals surface area (Å²) in [7, 11) is 0. The number of ether oxygens (including phenoxy) is 1. The molecule has 17 heavy (non-hydrogen) atoms. The SMILES string of the molecule is C#CCOCCC(=O)N1CCN(CCO)CC1. The van der Waals surface area contributed by atoms with Gasteiger partial charge in [0.05, 0.1) is 19.6 Å². The van der Waals surface area contributed by atoms with Crippen LogP contribution in [0.3, 0.4) is 0 Å². The average molecular weight is 240 g/mol. The predicted molar refractivity (Wildman–Crippen MR) is 64.4 cm³/mol. The summed E-state index contributed by atoms with van der Waals surface area (Å²) in [5, 5.41) is 8.81. The van der Waals surface area contributed by atoms with Crippen molar-refractivity contribution in [2.24, 2.45) is 0 Å². The summed E-state index contributed by atoms with van der Waals surface area (Å²) in [5.74, 6) is 2.48. The van der Waals surface area contributed by atoms with E-state index in [0.29, 0.717) is 19.6 Å². The lowest BCUT2D eigenvalue weighted by atomic mass is 10.3. The Morgan fingerprint density at radius 3 is 2.65 bits per heavy atom. The molecule has 0 unspecified atom stereocenters. The lowest BCUT2D eigenvalue weighted by Gasteiger charge is -2.34. The topological polar surface area (TPSA) is 53.0 Å². The molecule has 1 aliphatic rings. The predicted octanol–water partition coefficient (Wildman–Crippen LogP) is -0.837. The Labute approximate surface area is 102 Å². The quantitative estimate of drug-likeness (QED) is 0.486. The monoisotopic (exact) mass is 240 g/mol. The van der Waals surface area contributed by atoms with Crippen LogP contribution < -0.4 is 0 Å². The summed E-state index contributed by atoms with van der Waals surface area (Å²) in [4.78, 5) is 15.7. The zero-order valence-electron chi connectivity index (χ0n) is 10.1. The van der Waals surface area contributed by atoms with Crippen molar-refractivity contribution in [3.05, 3.63) is 0 Å². The third-order valence-electron chi connectivity index (χ3n) is 2.79. The van der Waals surface area contributed by atoms with E-state index in [-0.39, 0.29) is 19.1 Å². The normalized spacial score (nSPS) is 16.8. The first-order chi connectivity index (χ1) is 8.27. The van der Waals surface area contributed by atoms with Crippen molar-refractivity contribution in [1.29, 1.82) is 0 Å². The van der Waals surface area contributed by atoms with Gasteiger partial charge in [-0.3, -0.25) is 9.69 Å². The Morgan fingerprint density at radius 2 is 2.06 bits per heavy atom. The van der Waals surface area contributed by atoms with Gasteiger partial charge in [-0.05, 0) is 0 Å². The minimum Gasteiger partial charge on any atom is -0.395 e. The number of aliphatic hydroxyl groups excluding tert-OH is 1. The molecule has 5 nitrogen and oxygen atoms in total. The zero-order valence-corrected chi connectivity index (χ0v) is 10.1. The number of nitrogens with zero attached hydrogens (tertiary/aromatic N) is 2. The first-order valence-electron chi connectivity index (χ1n) is 5.90. The standard InChI is InChI=1S/C12H20N2O3/c1-2-10-17-11-3-12(16)14-6-4-13(5-7-14)8-9-15/h1,15H,3-11H2. The van der Waals surface area contributed by atoms with Crippen LogP contribution in [0, 0.1) is 12.3 Å². The van der Waals surface area contributed by atoms with E-state index in [1.54, 1.807) is 0 Å². The Kier molecular flexibility index (Phi) is 6.63. The molecular weight excluding hydrogens is 220 g/mol. The molecule has 0 bridgehead atoms. The van der Waals surface area contributed by atoms with E-state index in [4.69, 9.17) is 16.3 Å². The maximum absolute atomic E-state index is 11.8. The van der Waals surface area contributed by atoms with E-state index in [0.717, 1.165) is 26.2 Å². The summed E-state index contributed by atoms with van der Waals surface area (Å²) in [6.07, 6.45) is 5.43. The van der Waals surface area contributed by atoms with Crippen LogP contribution in [0.15, 0.2) is 0 Å². The molecule has 1 N–H and O–H groups in total. The first kappa shape index (κ1) is 14.0. The smallest absolute Gasteiger partial charge is 0.224 e. The molecule has 96 valence electrons. The van der Waals surface area contributed by atoms with Gasteiger partial charge < -0.3 is 14.7 Å². The van der Waals surface area contributed by atoms with Gasteiger partial charge in [0.15, 0.2) is 0 Å². The van der Waals surface area contributed by atoms with Crippen molar-refractivity contribution in [1.82, 2.24) is 9.80 Å². The molecule has 0 aromatic carbocycles. The van der Waals surface area contributed by atoms with Gasteiger partial charge in [0.2, 0.25) is 5.91 Å². The number of hydrogen-bond acceptors (Lipinski definition) is 4. The van der Waals surface area contributed by atoms with E-state index in [9.17, 15) is 4.79 Å². The van der Waals surface area contributed by atoms with Crippen LogP contribution in [-0.2, 0) is 9.53 Å². The Balaban J connectivity index is 2.15. The molecule has 0 aromatic rings. The van der Waals surface area contributed by atoms with Crippen molar-refractivity contribution in [2.75, 3.05) is 52.5 Å². The fourth-order valence-electron chi connectivity index (χ4n) is 1.81. The summed E-state index contributed by atoms with van der Waals surface area (Å²) >= 11 is 0. The minimum absolute atomic E-state index is 0.116. The summed E-state index contributed by atoms with van der Waals surface area (Å²) in [6, 6.07) is 0. The zero-order chi connectivity index (χ0) is 12.5. The number of carbonyl (C=O) groups is 1. The molecule has 1 heterocycles. The largest absolute Gasteiger partial charge is 0.395 e. The van der Waals surface area contributed by atoms with E-state index >= 15 is 0 Å². The van der Waals surface area contributed by atoms with Crippen molar-refractivity contribution >= 4 is 5.91 Å². The molecule has 0 saturated carbocycles. The third kappa shape index (κ3) is 5.18. The maximum Gasteiger partial charge on any atom is 0.224 e. The molecule has 5 heteroatoms. The number of terminal acetylenes is 1. The fourth-order valence-corrected chi connectivity index (χ4v) is 1.81. The molecule has 0 aliphatic carbocycles. The van der Waals surface area contributed by atoms with E-state index < -0.39 is 0 Å². The molecule has 1 aliphatic heterocycles. The van der Waals surface area contributed by atoms with Crippen LogP contribution in [0.5, 0.6) is 0 Å². The Bertz CT molecular complexity index is 267. The molecular formula is C12H20N2O3. The Morgan fingerprint density at radius 1 is 1.35 bits per heavy atom. The highest BCUT2D eigenvalue weighted by molar-refractivity contribution is 5.76. The number of rotatable bonds is 6. The van der Waals surface area contributed by atoms with Crippen molar-refractivity contribution in [3.63, 3.8) is 0 Å². The van der Waals surface area contributed by atoms with Crippen LogP contribution in [0.1, 0.15) is 6.42 Å². The number of piperazine rings is 1. The van der Waals surface area contributed by atoms with Crippen LogP contribution in [0.2, 0.25) is 0 Å². The van der Waals surface area contributed by atoms with Gasteiger partial charge in [0, 0.05) is 32.7 Å². The molecule has 0 atom stereocenters. The van der Waals surface area contributed by atoms with Gasteiger partial charge in [-0.2, -0.15) is 0 Å². The molecule has 1 saturated heterocycles. The van der Waals surface area contributed by atoms with Gasteiger partial charge in [0.25, 0.3) is 0 Å². The van der Waals surface area contributed by atoms with Crippen LogP contribution in [0.25, 0.3) is 0 Å². The van der Waals surface area contributed by atoms with Crippen LogP contribution in [0.4, 0.5) is 0 Å². The second-order valence-electron chi connectivity index (χ2n) is 3.95. The highest BCUT2D eigenvalue weighted by atomic mass is 16.5. The molecule has 0 spiro atoms. The Hall–Kier alpha value is -1.09. The van der Waals surface area contributed by atoms with Gasteiger partial charge >= 0.3 is 0 Å². The van der Waals surface area contributed by atoms with E-state index in [1.165, 1.54) is 0 Å². The molecule has 0 radical (unpaired) electrons. The summed E-state index contributed by atoms with van der Waals surface area (Å²) in [6.45, 7) is 4.63. The van der Waals surface area contributed by atoms with Gasteiger partial charge in [-0.1, -0.05) is 5.92 Å². The summed E-state index contributed by atoms with van der Waals surface area (Å²) in [5.41, 5.74) is 0. The second kappa shape index (κ2) is 8.07. The van der Waals surface area contributed by atoms with Crippen LogP contribution >= 0.6 is 0 Å². The average Bonchev–Trinajstić information content (AvgIpc) is 2.36. The molecule has 0 aromatic heterocycles. The second-order valence-corrected chi connectivity index (χ2v) is 3.95. The van der Waals surface area contributed by atoms with E-state index in [1.807, 2.05) is 4.90 Å². The molecule has 1 rings (SSSR count). The van der Waals surface area contributed by atoms with Gasteiger partial charge in [-0.15, -0.1) is 6.42 Å². The highest BCUT2D eigenvalue weighted by Gasteiger charge is 2.19. The lowest BCUT2D eigenvalue weighted by Crippen LogP contribution is -2.49. The van der Waals surface area contributed by atoms with Gasteiger partial charge in [0.1, 0.15) is 6.61 Å². The third-order valence-corrected chi connectivity index (χ3v) is 2.79. The lowest BCUT2D eigenvalue weighted by molar-refractivity contribution is -0.134. The fraction of sp³-hybridized carbons (Fsp3) is 0.750. The maximum atomic E-state index is 11.8. The summed E-state index contributed by atoms with van der Waals surface area (Å²) < 4.78 is 5.08. The van der Waals surface area contributed by atoms with Gasteiger partial charge in [-0.25, -0.2) is 0 Å². The number of hydrogen-bond donors (Lipinski definition) is 1. The number of aliphatic hydroxyl groups is 1. The molecule has 1 fully saturated rings. The number of β-amino-alcohol motifs (C(OH)–C–C–N with tert-alkyl or cyclic N) is 1. The molecule has 1 amide bonds. The number of amides is 1. The number of carbonyl (C=O) groups excluding carboxylic acids is 1. The van der Waals surface area contributed by atoms with Crippen molar-refractivity contribution in [3.8, 4) is 12.3 Å². The highest BCUT2D eigenvalue weighted by Crippen LogP contribution is 2.03. The van der Waals surface area contributed by atoms with Crippen LogP contribution in [-0.4, -0.2) is 73.4 Å².